The summed E-state index contributed by atoms with van der Waals surface area (Å²) >= 11 is 3.43. The summed E-state index contributed by atoms with van der Waals surface area (Å²) in [7, 11) is 0. The molecule has 6 nitrogen and oxygen atoms in total. The highest BCUT2D eigenvalue weighted by molar-refractivity contribution is 7.22. The van der Waals surface area contributed by atoms with Crippen LogP contribution in [0.5, 0.6) is 0 Å². The topological polar surface area (TPSA) is 74.6 Å². The number of halogens is 2. The van der Waals surface area contributed by atoms with E-state index in [1.807, 2.05) is 0 Å². The number of amidine groups is 2. The molecular weight excluding hydrogens is 531 g/mol. The summed E-state index contributed by atoms with van der Waals surface area (Å²) in [4.78, 5) is 19.0. The number of nitrogens with zero attached hydrogens (tertiary/aromatic N) is 4. The van der Waals surface area contributed by atoms with E-state index in [1.165, 1.54) is 0 Å². The molecule has 5 aromatic rings. The van der Waals surface area contributed by atoms with Gasteiger partial charge in [0.1, 0.15) is 21.7 Å². The van der Waals surface area contributed by atoms with Crippen molar-refractivity contribution in [3.05, 3.63) is 71.8 Å². The molecule has 3 aromatic carbocycles. The van der Waals surface area contributed by atoms with Gasteiger partial charge in [-0.3, -0.25) is 9.98 Å². The van der Waals surface area contributed by atoms with Gasteiger partial charge in [0.05, 0.1) is 33.5 Å². The first-order valence-electron chi connectivity index (χ1n) is 11.3. The average Bonchev–Trinajstić information content (AvgIpc) is 3.69. The Morgan fingerprint density at radius 1 is 0.611 bits per heavy atom. The molecule has 0 fully saturated rings. The van der Waals surface area contributed by atoms with Crippen LogP contribution in [0.15, 0.2) is 70.6 Å². The van der Waals surface area contributed by atoms with Crippen LogP contribution in [0.2, 0.25) is 0 Å². The highest BCUT2D eigenvalue weighted by Crippen LogP contribution is 2.39. The molecule has 10 heteroatoms. The van der Waals surface area contributed by atoms with Crippen molar-refractivity contribution in [2.45, 2.75) is 0 Å². The van der Waals surface area contributed by atoms with Gasteiger partial charge in [0.2, 0.25) is 0 Å². The Bertz CT molecular complexity index is 1520. The van der Waals surface area contributed by atoms with Crippen molar-refractivity contribution in [2.24, 2.45) is 9.98 Å². The molecule has 0 aliphatic carbocycles. The zero-order valence-corrected chi connectivity index (χ0v) is 22.3. The van der Waals surface area contributed by atoms with Gasteiger partial charge in [0.15, 0.2) is 0 Å². The van der Waals surface area contributed by atoms with Crippen LogP contribution in [0.1, 0.15) is 11.1 Å². The van der Waals surface area contributed by atoms with Gasteiger partial charge >= 0.3 is 0 Å². The third kappa shape index (κ3) is 4.35. The maximum atomic E-state index is 4.97. The van der Waals surface area contributed by atoms with Gasteiger partial charge in [0, 0.05) is 35.3 Å². The van der Waals surface area contributed by atoms with Crippen LogP contribution in [0.4, 0.5) is 0 Å². The second-order valence-electron chi connectivity index (χ2n) is 8.26. The molecule has 7 rings (SSSR count). The Labute approximate surface area is 228 Å². The summed E-state index contributed by atoms with van der Waals surface area (Å²) in [6.07, 6.45) is 0. The van der Waals surface area contributed by atoms with Crippen molar-refractivity contribution in [3.63, 3.8) is 0 Å². The first kappa shape index (κ1) is 24.6. The van der Waals surface area contributed by atoms with Gasteiger partial charge in [-0.25, -0.2) is 9.97 Å². The Hall–Kier alpha value is -3.04. The van der Waals surface area contributed by atoms with E-state index in [4.69, 9.17) is 9.97 Å². The first-order chi connectivity index (χ1) is 16.8. The molecule has 4 heterocycles. The normalized spacial score (nSPS) is 14.6. The summed E-state index contributed by atoms with van der Waals surface area (Å²) in [5, 5.41) is 8.73. The molecule has 0 saturated carbocycles. The fourth-order valence-electron chi connectivity index (χ4n) is 4.41. The summed E-state index contributed by atoms with van der Waals surface area (Å²) in [5.41, 5.74) is 6.49. The van der Waals surface area contributed by atoms with Gasteiger partial charge in [-0.15, -0.1) is 47.5 Å². The largest absolute Gasteiger partial charge is 0.368 e. The van der Waals surface area contributed by atoms with Gasteiger partial charge in [-0.2, -0.15) is 0 Å². The highest BCUT2D eigenvalue weighted by Gasteiger charge is 2.17. The van der Waals surface area contributed by atoms with Crippen LogP contribution in [0.3, 0.4) is 0 Å². The molecule has 0 saturated heterocycles. The number of fused-ring (bicyclic) bond motifs is 2. The Morgan fingerprint density at radius 2 is 1.08 bits per heavy atom. The van der Waals surface area contributed by atoms with Crippen LogP contribution >= 0.6 is 47.5 Å². The summed E-state index contributed by atoms with van der Waals surface area (Å²) in [6, 6.07) is 21.2. The molecule has 0 bridgehead atoms. The van der Waals surface area contributed by atoms with E-state index in [0.717, 1.165) is 90.6 Å². The zero-order chi connectivity index (χ0) is 22.5. The fraction of sp³-hybridized carbons (Fsp3) is 0.154. The van der Waals surface area contributed by atoms with E-state index in [2.05, 4.69) is 81.3 Å². The van der Waals surface area contributed by atoms with E-state index in [-0.39, 0.29) is 24.8 Å². The van der Waals surface area contributed by atoms with Crippen molar-refractivity contribution in [3.8, 4) is 21.1 Å². The minimum Gasteiger partial charge on any atom is -0.368 e. The molecule has 182 valence electrons. The lowest BCUT2D eigenvalue weighted by molar-refractivity contribution is 0.960. The SMILES string of the molecule is Cl.Cl.c1ccc(-c2nc3ccc(C4=NCCN4)cc3s2)c(-c2nc3ccc(C4=NCCN4)cc3s2)c1. The Balaban J connectivity index is 0.00000133. The molecule has 36 heavy (non-hydrogen) atoms. The minimum atomic E-state index is 0. The second-order valence-corrected chi connectivity index (χ2v) is 10.3. The molecule has 0 unspecified atom stereocenters. The van der Waals surface area contributed by atoms with Crippen molar-refractivity contribution in [1.29, 1.82) is 0 Å². The molecule has 2 aliphatic rings. The summed E-state index contributed by atoms with van der Waals surface area (Å²) in [5.74, 6) is 1.95. The standard InChI is InChI=1S/C26H20N6S2.2ClH/c1-2-4-18(26-32-20-8-6-16(14-22(20)34-26)24-29-11-12-30-24)17(3-1)25-31-19-7-5-15(13-21(19)33-25)23-27-9-10-28-23;;/h1-8,13-14H,9-12H2,(H,27,28)(H,29,30);2*1H. The predicted molar refractivity (Wildman–Crippen MR) is 157 cm³/mol. The van der Waals surface area contributed by atoms with Crippen LogP contribution in [0, 0.1) is 0 Å². The van der Waals surface area contributed by atoms with Crippen LogP contribution < -0.4 is 10.6 Å². The molecule has 2 aliphatic heterocycles. The molecule has 0 radical (unpaired) electrons. The lowest BCUT2D eigenvalue weighted by Crippen LogP contribution is -2.19. The van der Waals surface area contributed by atoms with E-state index in [0.29, 0.717) is 0 Å². The molecular formula is C26H22Cl2N6S2. The van der Waals surface area contributed by atoms with E-state index in [1.54, 1.807) is 22.7 Å². The third-order valence-electron chi connectivity index (χ3n) is 6.06. The number of aliphatic imine (C=N–C) groups is 2. The van der Waals surface area contributed by atoms with Gasteiger partial charge in [-0.05, 0) is 36.4 Å². The van der Waals surface area contributed by atoms with Gasteiger partial charge in [-0.1, -0.05) is 24.3 Å². The molecule has 0 amide bonds. The van der Waals surface area contributed by atoms with E-state index < -0.39 is 0 Å². The maximum Gasteiger partial charge on any atom is 0.128 e. The second kappa shape index (κ2) is 10.1. The van der Waals surface area contributed by atoms with E-state index >= 15 is 0 Å². The van der Waals surface area contributed by atoms with Gasteiger partial charge in [0.25, 0.3) is 0 Å². The number of hydrogen-bond acceptors (Lipinski definition) is 8. The molecule has 2 aromatic heterocycles. The lowest BCUT2D eigenvalue weighted by Gasteiger charge is -2.03. The summed E-state index contributed by atoms with van der Waals surface area (Å²) < 4.78 is 2.33. The predicted octanol–water partition coefficient (Wildman–Crippen LogP) is 5.78. The molecule has 0 atom stereocenters. The maximum absolute atomic E-state index is 4.97. The third-order valence-corrected chi connectivity index (χ3v) is 8.16. The van der Waals surface area contributed by atoms with Gasteiger partial charge < -0.3 is 10.6 Å². The number of hydrogen-bond donors (Lipinski definition) is 2. The number of rotatable bonds is 4. The zero-order valence-electron chi connectivity index (χ0n) is 19.0. The first-order valence-corrected chi connectivity index (χ1v) is 12.9. The molecule has 0 spiro atoms. The van der Waals surface area contributed by atoms with Crippen molar-refractivity contribution in [2.75, 3.05) is 26.2 Å². The number of nitrogens with one attached hydrogen (secondary N) is 2. The van der Waals surface area contributed by atoms with Crippen molar-refractivity contribution < 1.29 is 0 Å². The number of benzene rings is 3. The van der Waals surface area contributed by atoms with E-state index in [9.17, 15) is 0 Å². The minimum absolute atomic E-state index is 0. The van der Waals surface area contributed by atoms with Crippen molar-refractivity contribution >= 4 is 79.6 Å². The number of aromatic nitrogens is 2. The Morgan fingerprint density at radius 3 is 1.50 bits per heavy atom. The van der Waals surface area contributed by atoms with Crippen LogP contribution in [-0.2, 0) is 0 Å². The lowest BCUT2D eigenvalue weighted by atomic mass is 10.1. The highest BCUT2D eigenvalue weighted by atomic mass is 35.5. The van der Waals surface area contributed by atoms with Crippen LogP contribution in [-0.4, -0.2) is 47.8 Å². The average molecular weight is 554 g/mol. The van der Waals surface area contributed by atoms with Crippen LogP contribution in [0.25, 0.3) is 41.6 Å². The molecule has 2 N–H and O–H groups in total. The fourth-order valence-corrected chi connectivity index (χ4v) is 6.50. The monoisotopic (exact) mass is 552 g/mol. The Kier molecular flexibility index (Phi) is 6.94. The quantitative estimate of drug-likeness (QED) is 0.296. The summed E-state index contributed by atoms with van der Waals surface area (Å²) in [6.45, 7) is 3.48. The number of thiazole rings is 2. The van der Waals surface area contributed by atoms with Crippen molar-refractivity contribution in [1.82, 2.24) is 20.6 Å². The smallest absolute Gasteiger partial charge is 0.128 e.